The summed E-state index contributed by atoms with van der Waals surface area (Å²) in [5.74, 6) is 0. The average Bonchev–Trinajstić information content (AvgIpc) is 2.75. The van der Waals surface area contributed by atoms with Crippen LogP contribution >= 0.6 is 27.3 Å². The van der Waals surface area contributed by atoms with Gasteiger partial charge in [0.2, 0.25) is 0 Å². The minimum atomic E-state index is 0.926. The Morgan fingerprint density at radius 1 is 1.44 bits per heavy atom. The van der Waals surface area contributed by atoms with Gasteiger partial charge in [-0.3, -0.25) is 0 Å². The fraction of sp³-hybridized carbons (Fsp3) is 0.333. The topological polar surface area (TPSA) is 17.0 Å². The standard InChI is InChI=1S/C12H15BrN2S/c1-9-5-11(16-12(9)13)7-14-6-10-3-4-15(2)8-10/h3-5,8,14H,6-7H2,1-2H3. The molecule has 0 atom stereocenters. The number of rotatable bonds is 4. The van der Waals surface area contributed by atoms with Crippen LogP contribution in [0.4, 0.5) is 0 Å². The molecule has 86 valence electrons. The smallest absolute Gasteiger partial charge is 0.0730 e. The van der Waals surface area contributed by atoms with Crippen LogP contribution in [0, 0.1) is 6.92 Å². The highest BCUT2D eigenvalue weighted by molar-refractivity contribution is 9.11. The Labute approximate surface area is 108 Å². The zero-order chi connectivity index (χ0) is 11.5. The molecule has 2 heterocycles. The molecule has 2 aromatic heterocycles. The van der Waals surface area contributed by atoms with Gasteiger partial charge in [0, 0.05) is 37.4 Å². The molecule has 0 unspecified atom stereocenters. The number of aromatic nitrogens is 1. The maximum absolute atomic E-state index is 3.54. The molecule has 0 saturated carbocycles. The second-order valence-electron chi connectivity index (χ2n) is 3.96. The lowest BCUT2D eigenvalue weighted by Gasteiger charge is -2.00. The molecule has 1 N–H and O–H groups in total. The van der Waals surface area contributed by atoms with Crippen LogP contribution in [0.1, 0.15) is 16.0 Å². The van der Waals surface area contributed by atoms with Gasteiger partial charge in [-0.1, -0.05) is 0 Å². The highest BCUT2D eigenvalue weighted by Crippen LogP contribution is 2.27. The molecule has 16 heavy (non-hydrogen) atoms. The molecule has 0 spiro atoms. The Bertz CT molecular complexity index is 454. The van der Waals surface area contributed by atoms with Crippen molar-refractivity contribution in [3.05, 3.63) is 44.3 Å². The summed E-state index contributed by atoms with van der Waals surface area (Å²) in [6.07, 6.45) is 4.21. The van der Waals surface area contributed by atoms with Crippen LogP contribution in [0.25, 0.3) is 0 Å². The fourth-order valence-electron chi connectivity index (χ4n) is 1.61. The summed E-state index contributed by atoms with van der Waals surface area (Å²) in [6, 6.07) is 4.37. The van der Waals surface area contributed by atoms with Crippen molar-refractivity contribution < 1.29 is 0 Å². The third kappa shape index (κ3) is 2.97. The van der Waals surface area contributed by atoms with Crippen LogP contribution in [-0.4, -0.2) is 4.57 Å². The van der Waals surface area contributed by atoms with E-state index in [0.717, 1.165) is 13.1 Å². The zero-order valence-corrected chi connectivity index (χ0v) is 11.9. The molecule has 2 aromatic rings. The molecular formula is C12H15BrN2S. The van der Waals surface area contributed by atoms with Crippen molar-refractivity contribution >= 4 is 27.3 Å². The molecule has 0 aliphatic rings. The predicted molar refractivity (Wildman–Crippen MR) is 72.7 cm³/mol. The minimum Gasteiger partial charge on any atom is -0.357 e. The molecule has 0 aliphatic heterocycles. The van der Waals surface area contributed by atoms with E-state index in [1.165, 1.54) is 19.8 Å². The highest BCUT2D eigenvalue weighted by Gasteiger charge is 2.02. The Morgan fingerprint density at radius 2 is 2.25 bits per heavy atom. The van der Waals surface area contributed by atoms with Crippen LogP contribution in [0.5, 0.6) is 0 Å². The van der Waals surface area contributed by atoms with Crippen LogP contribution in [0.15, 0.2) is 28.3 Å². The molecule has 0 fully saturated rings. The number of aryl methyl sites for hydroxylation is 2. The van der Waals surface area contributed by atoms with E-state index in [4.69, 9.17) is 0 Å². The lowest BCUT2D eigenvalue weighted by atomic mass is 10.3. The average molecular weight is 299 g/mol. The third-order valence-electron chi connectivity index (χ3n) is 2.43. The number of nitrogens with zero attached hydrogens (tertiary/aromatic N) is 1. The second kappa shape index (κ2) is 5.17. The third-order valence-corrected chi connectivity index (χ3v) is 4.57. The van der Waals surface area contributed by atoms with Gasteiger partial charge in [0.25, 0.3) is 0 Å². The van der Waals surface area contributed by atoms with E-state index in [-0.39, 0.29) is 0 Å². The van der Waals surface area contributed by atoms with E-state index in [1.807, 2.05) is 7.05 Å². The predicted octanol–water partition coefficient (Wildman–Crippen LogP) is 3.45. The molecule has 0 aliphatic carbocycles. The summed E-state index contributed by atoms with van der Waals surface area (Å²) in [5.41, 5.74) is 2.65. The first kappa shape index (κ1) is 11.9. The first-order valence-corrected chi connectivity index (χ1v) is 6.82. The molecule has 0 aromatic carbocycles. The van der Waals surface area contributed by atoms with Crippen molar-refractivity contribution in [2.24, 2.45) is 7.05 Å². The monoisotopic (exact) mass is 298 g/mol. The van der Waals surface area contributed by atoms with Crippen molar-refractivity contribution in [2.75, 3.05) is 0 Å². The molecule has 4 heteroatoms. The van der Waals surface area contributed by atoms with Crippen LogP contribution < -0.4 is 5.32 Å². The number of halogens is 1. The van der Waals surface area contributed by atoms with Crippen molar-refractivity contribution in [2.45, 2.75) is 20.0 Å². The zero-order valence-electron chi connectivity index (χ0n) is 9.46. The normalized spacial score (nSPS) is 10.9. The van der Waals surface area contributed by atoms with Crippen molar-refractivity contribution in [1.82, 2.24) is 9.88 Å². The van der Waals surface area contributed by atoms with Crippen molar-refractivity contribution in [3.8, 4) is 0 Å². The molecule has 0 radical (unpaired) electrons. The summed E-state index contributed by atoms with van der Waals surface area (Å²) in [5, 5.41) is 3.45. The summed E-state index contributed by atoms with van der Waals surface area (Å²) < 4.78 is 3.31. The second-order valence-corrected chi connectivity index (χ2v) is 6.41. The van der Waals surface area contributed by atoms with Gasteiger partial charge in [0.15, 0.2) is 0 Å². The SMILES string of the molecule is Cc1cc(CNCc2ccn(C)c2)sc1Br. The van der Waals surface area contributed by atoms with E-state index >= 15 is 0 Å². The van der Waals surface area contributed by atoms with E-state index in [2.05, 4.69) is 57.3 Å². The first-order chi connectivity index (χ1) is 7.65. The number of thiophene rings is 1. The van der Waals surface area contributed by atoms with Gasteiger partial charge in [-0.2, -0.15) is 0 Å². The van der Waals surface area contributed by atoms with Gasteiger partial charge < -0.3 is 9.88 Å². The van der Waals surface area contributed by atoms with Gasteiger partial charge >= 0.3 is 0 Å². The van der Waals surface area contributed by atoms with Gasteiger partial charge in [-0.15, -0.1) is 11.3 Å². The van der Waals surface area contributed by atoms with Crippen LogP contribution in [0.2, 0.25) is 0 Å². The lowest BCUT2D eigenvalue weighted by Crippen LogP contribution is -2.11. The first-order valence-electron chi connectivity index (χ1n) is 5.21. The number of hydrogen-bond acceptors (Lipinski definition) is 2. The molecule has 0 amide bonds. The van der Waals surface area contributed by atoms with E-state index in [9.17, 15) is 0 Å². The fourth-order valence-corrected chi connectivity index (χ4v) is 3.20. The Kier molecular flexibility index (Phi) is 3.84. The maximum Gasteiger partial charge on any atom is 0.0730 e. The Morgan fingerprint density at radius 3 is 2.81 bits per heavy atom. The van der Waals surface area contributed by atoms with E-state index in [0.29, 0.717) is 0 Å². The summed E-state index contributed by atoms with van der Waals surface area (Å²) in [4.78, 5) is 1.38. The molecule has 0 bridgehead atoms. The summed E-state index contributed by atoms with van der Waals surface area (Å²) in [6.45, 7) is 3.99. The minimum absolute atomic E-state index is 0.926. The van der Waals surface area contributed by atoms with E-state index in [1.54, 1.807) is 11.3 Å². The largest absolute Gasteiger partial charge is 0.357 e. The van der Waals surface area contributed by atoms with Crippen LogP contribution in [0.3, 0.4) is 0 Å². The number of nitrogens with one attached hydrogen (secondary N) is 1. The van der Waals surface area contributed by atoms with Crippen molar-refractivity contribution in [1.29, 1.82) is 0 Å². The molecule has 2 nitrogen and oxygen atoms in total. The van der Waals surface area contributed by atoms with Gasteiger partial charge in [0.1, 0.15) is 0 Å². The maximum atomic E-state index is 3.54. The molecule has 2 rings (SSSR count). The Balaban J connectivity index is 1.84. The highest BCUT2D eigenvalue weighted by atomic mass is 79.9. The Hall–Kier alpha value is -0.580. The van der Waals surface area contributed by atoms with Gasteiger partial charge in [-0.25, -0.2) is 0 Å². The number of hydrogen-bond donors (Lipinski definition) is 1. The van der Waals surface area contributed by atoms with Gasteiger partial charge in [-0.05, 0) is 46.1 Å². The quantitative estimate of drug-likeness (QED) is 0.915. The lowest BCUT2D eigenvalue weighted by molar-refractivity contribution is 0.699. The summed E-state index contributed by atoms with van der Waals surface area (Å²) in [7, 11) is 2.04. The molecular weight excluding hydrogens is 284 g/mol. The van der Waals surface area contributed by atoms with E-state index < -0.39 is 0 Å². The molecule has 0 saturated heterocycles. The van der Waals surface area contributed by atoms with Crippen molar-refractivity contribution in [3.63, 3.8) is 0 Å². The summed E-state index contributed by atoms with van der Waals surface area (Å²) >= 11 is 5.35. The van der Waals surface area contributed by atoms with Gasteiger partial charge in [0.05, 0.1) is 3.79 Å². The van der Waals surface area contributed by atoms with Crippen LogP contribution in [-0.2, 0) is 20.1 Å².